The van der Waals surface area contributed by atoms with Crippen molar-refractivity contribution in [3.63, 3.8) is 0 Å². The molecule has 1 aliphatic rings. The number of halogens is 1. The van der Waals surface area contributed by atoms with Crippen molar-refractivity contribution in [1.29, 1.82) is 0 Å². The van der Waals surface area contributed by atoms with Crippen molar-refractivity contribution in [3.05, 3.63) is 35.6 Å². The van der Waals surface area contributed by atoms with Gasteiger partial charge in [0.25, 0.3) is 0 Å². The molecule has 2 rings (SSSR count). The number of hydrogen-bond donors (Lipinski definition) is 1. The average Bonchev–Trinajstić information content (AvgIpc) is 2.59. The van der Waals surface area contributed by atoms with Crippen LogP contribution in [0.4, 0.5) is 4.39 Å². The molecule has 0 saturated carbocycles. The second-order valence-electron chi connectivity index (χ2n) is 6.28. The number of carbonyl (C=O) groups is 2. The van der Waals surface area contributed by atoms with E-state index in [1.165, 1.54) is 12.1 Å². The molecule has 6 nitrogen and oxygen atoms in total. The maximum Gasteiger partial charge on any atom is 0.237 e. The summed E-state index contributed by atoms with van der Waals surface area (Å²) >= 11 is 0. The molecular weight excluding hydrogens is 325 g/mol. The highest BCUT2D eigenvalue weighted by atomic mass is 19.1. The molecule has 1 atom stereocenters. The first-order valence-corrected chi connectivity index (χ1v) is 8.50. The van der Waals surface area contributed by atoms with Crippen molar-refractivity contribution in [2.24, 2.45) is 0 Å². The van der Waals surface area contributed by atoms with Crippen LogP contribution in [0.2, 0.25) is 0 Å². The number of nitrogens with one attached hydrogen (secondary N) is 1. The second-order valence-corrected chi connectivity index (χ2v) is 6.28. The summed E-state index contributed by atoms with van der Waals surface area (Å²) in [7, 11) is 3.47. The zero-order chi connectivity index (χ0) is 18.2. The molecule has 0 aliphatic carbocycles. The van der Waals surface area contributed by atoms with Crippen LogP contribution in [0.1, 0.15) is 18.4 Å². The number of likely N-dealkylation sites (N-methyl/N-ethyl adjacent to an activating group) is 1. The summed E-state index contributed by atoms with van der Waals surface area (Å²) in [4.78, 5) is 28.4. The van der Waals surface area contributed by atoms with Crippen LogP contribution < -0.4 is 5.32 Å². The first kappa shape index (κ1) is 19.3. The van der Waals surface area contributed by atoms with Gasteiger partial charge in [0.15, 0.2) is 0 Å². The molecule has 0 radical (unpaired) electrons. The molecule has 1 unspecified atom stereocenters. The summed E-state index contributed by atoms with van der Waals surface area (Å²) in [6.45, 7) is 2.80. The fourth-order valence-corrected chi connectivity index (χ4v) is 2.87. The minimum atomic E-state index is -0.445. The van der Waals surface area contributed by atoms with Crippen molar-refractivity contribution in [2.45, 2.75) is 25.4 Å². The van der Waals surface area contributed by atoms with Gasteiger partial charge in [-0.15, -0.1) is 0 Å². The van der Waals surface area contributed by atoms with Crippen LogP contribution in [0.5, 0.6) is 0 Å². The third kappa shape index (κ3) is 5.79. The van der Waals surface area contributed by atoms with E-state index in [1.807, 2.05) is 11.9 Å². The Morgan fingerprint density at radius 3 is 2.76 bits per heavy atom. The lowest BCUT2D eigenvalue weighted by Gasteiger charge is -2.33. The van der Waals surface area contributed by atoms with E-state index in [0.717, 1.165) is 12.1 Å². The van der Waals surface area contributed by atoms with Gasteiger partial charge in [-0.3, -0.25) is 14.5 Å². The zero-order valence-corrected chi connectivity index (χ0v) is 14.8. The van der Waals surface area contributed by atoms with E-state index < -0.39 is 6.04 Å². The van der Waals surface area contributed by atoms with Crippen molar-refractivity contribution in [1.82, 2.24) is 15.1 Å². The molecule has 1 aliphatic heterocycles. The molecule has 1 heterocycles. The fraction of sp³-hybridized carbons (Fsp3) is 0.556. The van der Waals surface area contributed by atoms with Crippen molar-refractivity contribution < 1.29 is 18.7 Å². The lowest BCUT2D eigenvalue weighted by atomic mass is 10.1. The third-order valence-corrected chi connectivity index (χ3v) is 4.38. The Hall–Kier alpha value is -1.99. The molecule has 1 aromatic carbocycles. The molecule has 0 aromatic heterocycles. The minimum absolute atomic E-state index is 0.0886. The molecule has 7 heteroatoms. The molecular formula is C18H26FN3O3. The Balaban J connectivity index is 2.03. The molecule has 1 N–H and O–H groups in total. The predicted molar refractivity (Wildman–Crippen MR) is 92.4 cm³/mol. The summed E-state index contributed by atoms with van der Waals surface area (Å²) in [6, 6.07) is 5.67. The van der Waals surface area contributed by atoms with Crippen LogP contribution in [0.3, 0.4) is 0 Å². The average molecular weight is 351 g/mol. The Labute approximate surface area is 147 Å². The highest BCUT2D eigenvalue weighted by Crippen LogP contribution is 2.13. The maximum atomic E-state index is 13.1. The second kappa shape index (κ2) is 9.48. The first-order valence-electron chi connectivity index (χ1n) is 8.50. The van der Waals surface area contributed by atoms with Gasteiger partial charge in [0.05, 0.1) is 12.5 Å². The molecule has 25 heavy (non-hydrogen) atoms. The van der Waals surface area contributed by atoms with Crippen LogP contribution in [0, 0.1) is 5.82 Å². The summed E-state index contributed by atoms with van der Waals surface area (Å²) in [6.07, 6.45) is 0.840. The summed E-state index contributed by atoms with van der Waals surface area (Å²) < 4.78 is 18.1. The van der Waals surface area contributed by atoms with E-state index >= 15 is 0 Å². The Morgan fingerprint density at radius 2 is 2.12 bits per heavy atom. The maximum absolute atomic E-state index is 13.1. The molecule has 0 bridgehead atoms. The molecule has 1 saturated heterocycles. The van der Waals surface area contributed by atoms with E-state index in [4.69, 9.17) is 4.74 Å². The third-order valence-electron chi connectivity index (χ3n) is 4.38. The quantitative estimate of drug-likeness (QED) is 0.710. The van der Waals surface area contributed by atoms with E-state index in [9.17, 15) is 14.0 Å². The number of amides is 2. The van der Waals surface area contributed by atoms with Gasteiger partial charge in [0.2, 0.25) is 11.8 Å². The molecule has 2 amide bonds. The molecule has 1 fully saturated rings. The van der Waals surface area contributed by atoms with E-state index in [1.54, 1.807) is 24.1 Å². The number of piperazine rings is 1. The number of ether oxygens (including phenoxy) is 1. The topological polar surface area (TPSA) is 61.9 Å². The van der Waals surface area contributed by atoms with E-state index in [-0.39, 0.29) is 24.1 Å². The van der Waals surface area contributed by atoms with Crippen molar-refractivity contribution in [2.75, 3.05) is 40.4 Å². The van der Waals surface area contributed by atoms with Crippen LogP contribution in [0.15, 0.2) is 24.3 Å². The van der Waals surface area contributed by atoms with Crippen LogP contribution >= 0.6 is 0 Å². The predicted octanol–water partition coefficient (Wildman–Crippen LogP) is 1.01. The van der Waals surface area contributed by atoms with Crippen molar-refractivity contribution >= 4 is 11.8 Å². The zero-order valence-electron chi connectivity index (χ0n) is 14.8. The van der Waals surface area contributed by atoms with Crippen LogP contribution in [-0.2, 0) is 20.9 Å². The van der Waals surface area contributed by atoms with E-state index in [0.29, 0.717) is 32.7 Å². The van der Waals surface area contributed by atoms with Crippen LogP contribution in [-0.4, -0.2) is 68.1 Å². The molecule has 0 spiro atoms. The normalized spacial score (nSPS) is 18.0. The lowest BCUT2D eigenvalue weighted by Crippen LogP contribution is -2.55. The van der Waals surface area contributed by atoms with Gasteiger partial charge in [-0.1, -0.05) is 12.1 Å². The number of nitrogens with zero attached hydrogens (tertiary/aromatic N) is 2. The summed E-state index contributed by atoms with van der Waals surface area (Å²) in [5.41, 5.74) is 0.855. The fourth-order valence-electron chi connectivity index (χ4n) is 2.87. The van der Waals surface area contributed by atoms with Gasteiger partial charge in [0.1, 0.15) is 5.82 Å². The Bertz CT molecular complexity index is 579. The minimum Gasteiger partial charge on any atom is -0.385 e. The number of benzene rings is 1. The van der Waals surface area contributed by atoms with Crippen LogP contribution in [0.25, 0.3) is 0 Å². The van der Waals surface area contributed by atoms with Gasteiger partial charge in [-0.05, 0) is 31.2 Å². The number of methoxy groups -OCH3 is 1. The van der Waals surface area contributed by atoms with Gasteiger partial charge >= 0.3 is 0 Å². The Morgan fingerprint density at radius 1 is 1.40 bits per heavy atom. The summed E-state index contributed by atoms with van der Waals surface area (Å²) in [5.74, 6) is -0.503. The van der Waals surface area contributed by atoms with E-state index in [2.05, 4.69) is 5.32 Å². The highest BCUT2D eigenvalue weighted by Gasteiger charge is 2.30. The number of hydrogen-bond acceptors (Lipinski definition) is 4. The number of carbonyl (C=O) groups excluding carboxylic acids is 2. The summed E-state index contributed by atoms with van der Waals surface area (Å²) in [5, 5.41) is 2.80. The smallest absolute Gasteiger partial charge is 0.237 e. The standard InChI is InChI=1S/C18H26FN3O3/c1-21-10-8-20-18(24)16(21)12-17(23)22(9-3-11-25-2)13-14-4-6-15(19)7-5-14/h4-7,16H,3,8-13H2,1-2H3,(H,20,24). The first-order chi connectivity index (χ1) is 12.0. The number of rotatable bonds is 8. The largest absolute Gasteiger partial charge is 0.385 e. The lowest BCUT2D eigenvalue weighted by molar-refractivity contribution is -0.138. The molecule has 138 valence electrons. The monoisotopic (exact) mass is 351 g/mol. The van der Waals surface area contributed by atoms with Gasteiger partial charge < -0.3 is 15.0 Å². The van der Waals surface area contributed by atoms with Gasteiger partial charge in [0, 0.05) is 39.9 Å². The SMILES string of the molecule is COCCCN(Cc1ccc(F)cc1)C(=O)CC1C(=O)NCCN1C. The Kier molecular flexibility index (Phi) is 7.33. The van der Waals surface area contributed by atoms with Crippen molar-refractivity contribution in [3.8, 4) is 0 Å². The molecule has 1 aromatic rings. The van der Waals surface area contributed by atoms with Gasteiger partial charge in [-0.2, -0.15) is 0 Å². The van der Waals surface area contributed by atoms with Gasteiger partial charge in [-0.25, -0.2) is 4.39 Å². The highest BCUT2D eigenvalue weighted by molar-refractivity contribution is 5.88.